The van der Waals surface area contributed by atoms with E-state index in [1.54, 1.807) is 19.2 Å². The number of guanidine groups is 1. The smallest absolute Gasteiger partial charge is 0.191 e. The number of sulfone groups is 1. The van der Waals surface area contributed by atoms with Crippen molar-refractivity contribution in [2.45, 2.75) is 56.4 Å². The van der Waals surface area contributed by atoms with Gasteiger partial charge in [0.15, 0.2) is 15.8 Å². The maximum atomic E-state index is 11.5. The Hall–Kier alpha value is -1.56. The number of nitrogens with zero attached hydrogens (tertiary/aromatic N) is 1. The summed E-state index contributed by atoms with van der Waals surface area (Å²) in [6.07, 6.45) is 8.38. The molecule has 0 atom stereocenters. The van der Waals surface area contributed by atoms with Gasteiger partial charge in [-0.15, -0.1) is 0 Å². The summed E-state index contributed by atoms with van der Waals surface area (Å²) in [5.41, 5.74) is 1.11. The second-order valence-electron chi connectivity index (χ2n) is 6.94. The fourth-order valence-electron chi connectivity index (χ4n) is 3.33. The molecule has 1 aromatic rings. The third kappa shape index (κ3) is 6.34. The minimum absolute atomic E-state index is 0.365. The molecule has 0 bridgehead atoms. The zero-order valence-electron chi connectivity index (χ0n) is 15.6. The molecule has 1 aliphatic carbocycles. The Morgan fingerprint density at radius 2 is 1.80 bits per heavy atom. The first-order valence-corrected chi connectivity index (χ1v) is 11.1. The van der Waals surface area contributed by atoms with E-state index in [1.807, 2.05) is 12.1 Å². The number of hydrogen-bond acceptors (Lipinski definition) is 3. The predicted molar refractivity (Wildman–Crippen MR) is 104 cm³/mol. The Bertz CT molecular complexity index is 660. The van der Waals surface area contributed by atoms with Crippen molar-refractivity contribution >= 4 is 15.8 Å². The van der Waals surface area contributed by atoms with E-state index in [-0.39, 0.29) is 0 Å². The van der Waals surface area contributed by atoms with Gasteiger partial charge in [0.2, 0.25) is 0 Å². The van der Waals surface area contributed by atoms with Crippen LogP contribution in [0, 0.1) is 5.92 Å². The van der Waals surface area contributed by atoms with Gasteiger partial charge in [-0.05, 0) is 55.7 Å². The first-order chi connectivity index (χ1) is 11.9. The fraction of sp³-hybridized carbons (Fsp3) is 0.632. The Morgan fingerprint density at radius 3 is 2.32 bits per heavy atom. The monoisotopic (exact) mass is 365 g/mol. The lowest BCUT2D eigenvalue weighted by molar-refractivity contribution is 0.304. The second kappa shape index (κ2) is 9.22. The highest BCUT2D eigenvalue weighted by atomic mass is 32.2. The van der Waals surface area contributed by atoms with Gasteiger partial charge < -0.3 is 10.6 Å². The van der Waals surface area contributed by atoms with Crippen LogP contribution in [0.15, 0.2) is 34.2 Å². The van der Waals surface area contributed by atoms with E-state index in [1.165, 1.54) is 38.4 Å². The van der Waals surface area contributed by atoms with Crippen LogP contribution >= 0.6 is 0 Å². The molecule has 1 aliphatic rings. The first kappa shape index (κ1) is 19.8. The molecule has 1 saturated carbocycles. The SMILES string of the molecule is CCC1CCC(NC(=NC)NCCc2ccc(S(C)(=O)=O)cc2)CC1. The Morgan fingerprint density at radius 1 is 1.16 bits per heavy atom. The van der Waals surface area contributed by atoms with Crippen LogP contribution in [0.5, 0.6) is 0 Å². The van der Waals surface area contributed by atoms with Gasteiger partial charge in [-0.2, -0.15) is 0 Å². The van der Waals surface area contributed by atoms with Crippen molar-refractivity contribution < 1.29 is 8.42 Å². The van der Waals surface area contributed by atoms with Gasteiger partial charge in [-0.3, -0.25) is 4.99 Å². The molecule has 1 aromatic carbocycles. The number of aliphatic imine (C=N–C) groups is 1. The van der Waals surface area contributed by atoms with Crippen LogP contribution in [-0.4, -0.2) is 40.3 Å². The highest BCUT2D eigenvalue weighted by Gasteiger charge is 2.20. The van der Waals surface area contributed by atoms with Gasteiger partial charge in [0, 0.05) is 25.9 Å². The molecule has 5 nitrogen and oxygen atoms in total. The van der Waals surface area contributed by atoms with Gasteiger partial charge in [-0.25, -0.2) is 8.42 Å². The molecule has 140 valence electrons. The van der Waals surface area contributed by atoms with Crippen molar-refractivity contribution in [3.63, 3.8) is 0 Å². The van der Waals surface area contributed by atoms with E-state index >= 15 is 0 Å². The van der Waals surface area contributed by atoms with Crippen molar-refractivity contribution in [1.29, 1.82) is 0 Å². The molecule has 0 aromatic heterocycles. The van der Waals surface area contributed by atoms with E-state index in [9.17, 15) is 8.42 Å². The minimum Gasteiger partial charge on any atom is -0.356 e. The number of benzene rings is 1. The molecule has 1 fully saturated rings. The quantitative estimate of drug-likeness (QED) is 0.601. The predicted octanol–water partition coefficient (Wildman–Crippen LogP) is 2.77. The minimum atomic E-state index is -3.12. The van der Waals surface area contributed by atoms with Crippen LogP contribution in [0.2, 0.25) is 0 Å². The Kier molecular flexibility index (Phi) is 7.29. The van der Waals surface area contributed by atoms with E-state index < -0.39 is 9.84 Å². The van der Waals surface area contributed by atoms with E-state index in [4.69, 9.17) is 0 Å². The van der Waals surface area contributed by atoms with Crippen LogP contribution in [0.4, 0.5) is 0 Å². The highest BCUT2D eigenvalue weighted by Crippen LogP contribution is 2.26. The summed E-state index contributed by atoms with van der Waals surface area (Å²) in [7, 11) is -1.33. The van der Waals surface area contributed by atoms with Crippen LogP contribution in [0.3, 0.4) is 0 Å². The first-order valence-electron chi connectivity index (χ1n) is 9.18. The summed E-state index contributed by atoms with van der Waals surface area (Å²) in [5, 5.41) is 6.88. The molecular weight excluding hydrogens is 334 g/mol. The lowest BCUT2D eigenvalue weighted by Crippen LogP contribution is -2.45. The molecule has 0 heterocycles. The van der Waals surface area contributed by atoms with Gasteiger partial charge in [0.05, 0.1) is 4.90 Å². The number of nitrogens with one attached hydrogen (secondary N) is 2. The Labute approximate surface area is 152 Å². The molecule has 6 heteroatoms. The standard InChI is InChI=1S/C19H31N3O2S/c1-4-15-5-9-17(10-6-15)22-19(20-2)21-14-13-16-7-11-18(12-8-16)25(3,23)24/h7-8,11-12,15,17H,4-6,9-10,13-14H2,1-3H3,(H2,20,21,22). The lowest BCUT2D eigenvalue weighted by atomic mass is 9.84. The average molecular weight is 366 g/mol. The average Bonchev–Trinajstić information content (AvgIpc) is 2.61. The van der Waals surface area contributed by atoms with Crippen LogP contribution in [0.25, 0.3) is 0 Å². The van der Waals surface area contributed by atoms with Crippen LogP contribution in [-0.2, 0) is 16.3 Å². The molecule has 25 heavy (non-hydrogen) atoms. The van der Waals surface area contributed by atoms with Gasteiger partial charge in [0.1, 0.15) is 0 Å². The van der Waals surface area contributed by atoms with Crippen LogP contribution < -0.4 is 10.6 Å². The maximum Gasteiger partial charge on any atom is 0.191 e. The van der Waals surface area contributed by atoms with Crippen LogP contribution in [0.1, 0.15) is 44.6 Å². The number of hydrogen-bond donors (Lipinski definition) is 2. The summed E-state index contributed by atoms with van der Waals surface area (Å²) < 4.78 is 23.0. The van der Waals surface area contributed by atoms with Crippen molar-refractivity contribution in [3.05, 3.63) is 29.8 Å². The van der Waals surface area contributed by atoms with Crippen molar-refractivity contribution in [2.75, 3.05) is 19.8 Å². The van der Waals surface area contributed by atoms with Gasteiger partial charge in [-0.1, -0.05) is 25.5 Å². The molecule has 0 spiro atoms. The van der Waals surface area contributed by atoms with Crippen molar-refractivity contribution in [3.8, 4) is 0 Å². The maximum absolute atomic E-state index is 11.5. The highest BCUT2D eigenvalue weighted by molar-refractivity contribution is 7.90. The molecule has 2 N–H and O–H groups in total. The lowest BCUT2D eigenvalue weighted by Gasteiger charge is -2.29. The summed E-state index contributed by atoms with van der Waals surface area (Å²) in [6.45, 7) is 3.05. The molecule has 0 unspecified atom stereocenters. The van der Waals surface area contributed by atoms with Gasteiger partial charge >= 0.3 is 0 Å². The third-order valence-corrected chi connectivity index (χ3v) is 6.17. The zero-order chi connectivity index (χ0) is 18.3. The van der Waals surface area contributed by atoms with Crippen molar-refractivity contribution in [1.82, 2.24) is 10.6 Å². The van der Waals surface area contributed by atoms with Crippen molar-refractivity contribution in [2.24, 2.45) is 10.9 Å². The molecule has 0 aliphatic heterocycles. The summed E-state index contributed by atoms with van der Waals surface area (Å²) >= 11 is 0. The number of rotatable bonds is 6. The largest absolute Gasteiger partial charge is 0.356 e. The zero-order valence-corrected chi connectivity index (χ0v) is 16.4. The summed E-state index contributed by atoms with van der Waals surface area (Å²) in [6, 6.07) is 7.61. The summed E-state index contributed by atoms with van der Waals surface area (Å²) in [5.74, 6) is 1.75. The summed E-state index contributed by atoms with van der Waals surface area (Å²) in [4.78, 5) is 4.68. The van der Waals surface area contributed by atoms with Gasteiger partial charge in [0.25, 0.3) is 0 Å². The van der Waals surface area contributed by atoms with E-state index in [2.05, 4.69) is 22.5 Å². The molecular formula is C19H31N3O2S. The second-order valence-corrected chi connectivity index (χ2v) is 8.95. The Balaban J connectivity index is 1.76. The molecule has 0 radical (unpaired) electrons. The topological polar surface area (TPSA) is 70.6 Å². The molecule has 0 saturated heterocycles. The fourth-order valence-corrected chi connectivity index (χ4v) is 3.96. The van der Waals surface area contributed by atoms with E-state index in [0.29, 0.717) is 10.9 Å². The van der Waals surface area contributed by atoms with E-state index in [0.717, 1.165) is 30.4 Å². The third-order valence-electron chi connectivity index (χ3n) is 5.05. The normalized spacial score (nSPS) is 21.8. The molecule has 2 rings (SSSR count). The molecule has 0 amide bonds.